The Hall–Kier alpha value is -1.45. The Morgan fingerprint density at radius 1 is 1.47 bits per heavy atom. The molecular weight excluding hydrogens is 216 g/mol. The molecule has 1 aromatic rings. The molecule has 1 heterocycles. The van der Waals surface area contributed by atoms with Gasteiger partial charge in [-0.3, -0.25) is 0 Å². The maximum Gasteiger partial charge on any atom is 0.357 e. The van der Waals surface area contributed by atoms with E-state index < -0.39 is 0 Å². The van der Waals surface area contributed by atoms with Crippen molar-refractivity contribution in [1.82, 2.24) is 9.97 Å². The molecular formula is C13H18N2O2. The minimum absolute atomic E-state index is 0.317. The molecule has 2 rings (SSSR count). The van der Waals surface area contributed by atoms with Crippen molar-refractivity contribution in [2.24, 2.45) is 0 Å². The summed E-state index contributed by atoms with van der Waals surface area (Å²) in [6.07, 6.45) is 3.16. The zero-order chi connectivity index (χ0) is 12.4. The van der Waals surface area contributed by atoms with Crippen molar-refractivity contribution in [3.63, 3.8) is 0 Å². The zero-order valence-corrected chi connectivity index (χ0v) is 10.6. The molecule has 0 bridgehead atoms. The molecule has 1 unspecified atom stereocenters. The number of fused-ring (bicyclic) bond motifs is 1. The Balaban J connectivity index is 2.50. The third kappa shape index (κ3) is 2.30. The van der Waals surface area contributed by atoms with Gasteiger partial charge in [0.05, 0.1) is 6.61 Å². The van der Waals surface area contributed by atoms with E-state index in [1.54, 1.807) is 0 Å². The summed E-state index contributed by atoms with van der Waals surface area (Å²) in [4.78, 5) is 20.6. The van der Waals surface area contributed by atoms with Gasteiger partial charge in [0, 0.05) is 11.3 Å². The molecule has 4 nitrogen and oxygen atoms in total. The van der Waals surface area contributed by atoms with E-state index >= 15 is 0 Å². The topological polar surface area (TPSA) is 52.1 Å². The van der Waals surface area contributed by atoms with E-state index in [0.717, 1.165) is 30.5 Å². The Morgan fingerprint density at radius 3 is 2.94 bits per heavy atom. The molecule has 4 heteroatoms. The maximum absolute atomic E-state index is 11.9. The normalized spacial score (nSPS) is 18.6. The van der Waals surface area contributed by atoms with Crippen molar-refractivity contribution in [1.29, 1.82) is 0 Å². The monoisotopic (exact) mass is 234 g/mol. The molecule has 0 radical (unpaired) electrons. The zero-order valence-electron chi connectivity index (χ0n) is 10.6. The quantitative estimate of drug-likeness (QED) is 0.737. The van der Waals surface area contributed by atoms with Crippen molar-refractivity contribution in [3.05, 3.63) is 22.8 Å². The lowest BCUT2D eigenvalue weighted by Crippen LogP contribution is -2.20. The third-order valence-electron chi connectivity index (χ3n) is 3.15. The summed E-state index contributed by atoms with van der Waals surface area (Å²) in [5, 5.41) is 0. The first-order valence-corrected chi connectivity index (χ1v) is 6.18. The molecule has 0 aliphatic heterocycles. The molecule has 0 fully saturated rings. The number of aryl methyl sites for hydroxylation is 2. The predicted octanol–water partition coefficient (Wildman–Crippen LogP) is 2.40. The lowest BCUT2D eigenvalue weighted by atomic mass is 9.85. The van der Waals surface area contributed by atoms with Crippen LogP contribution < -0.4 is 0 Å². The van der Waals surface area contributed by atoms with Gasteiger partial charge in [-0.25, -0.2) is 14.8 Å². The molecule has 0 N–H and O–H groups in total. The van der Waals surface area contributed by atoms with Crippen LogP contribution in [0.4, 0.5) is 0 Å². The molecule has 0 saturated carbocycles. The Labute approximate surface area is 101 Å². The van der Waals surface area contributed by atoms with Crippen LogP contribution in [0, 0.1) is 6.92 Å². The van der Waals surface area contributed by atoms with Crippen LogP contribution in [0.1, 0.15) is 60.2 Å². The van der Waals surface area contributed by atoms with E-state index in [9.17, 15) is 4.79 Å². The summed E-state index contributed by atoms with van der Waals surface area (Å²) < 4.78 is 5.07. The minimum atomic E-state index is -0.317. The number of ether oxygens (including phenoxy) is 1. The van der Waals surface area contributed by atoms with Crippen molar-refractivity contribution >= 4 is 5.97 Å². The van der Waals surface area contributed by atoms with Crippen molar-refractivity contribution < 1.29 is 9.53 Å². The van der Waals surface area contributed by atoms with Crippen molar-refractivity contribution in [3.8, 4) is 0 Å². The van der Waals surface area contributed by atoms with Crippen LogP contribution in [-0.4, -0.2) is 22.5 Å². The van der Waals surface area contributed by atoms with Gasteiger partial charge < -0.3 is 4.74 Å². The van der Waals surface area contributed by atoms with E-state index in [-0.39, 0.29) is 5.97 Å². The van der Waals surface area contributed by atoms with Gasteiger partial charge in [0.2, 0.25) is 0 Å². The molecule has 17 heavy (non-hydrogen) atoms. The van der Waals surface area contributed by atoms with Gasteiger partial charge in [-0.2, -0.15) is 0 Å². The largest absolute Gasteiger partial charge is 0.461 e. The molecule has 1 atom stereocenters. The van der Waals surface area contributed by atoms with Gasteiger partial charge in [0.1, 0.15) is 5.82 Å². The average molecular weight is 234 g/mol. The number of carbonyl (C=O) groups excluding carboxylic acids is 1. The highest BCUT2D eigenvalue weighted by Gasteiger charge is 2.26. The van der Waals surface area contributed by atoms with Gasteiger partial charge in [0.15, 0.2) is 5.69 Å². The smallest absolute Gasteiger partial charge is 0.357 e. The predicted molar refractivity (Wildman–Crippen MR) is 64.1 cm³/mol. The van der Waals surface area contributed by atoms with Crippen LogP contribution in [0.5, 0.6) is 0 Å². The maximum atomic E-state index is 11.9. The Bertz CT molecular complexity index is 443. The third-order valence-corrected chi connectivity index (χ3v) is 3.15. The molecule has 0 aromatic carbocycles. The molecule has 0 amide bonds. The lowest BCUT2D eigenvalue weighted by Gasteiger charge is -2.23. The summed E-state index contributed by atoms with van der Waals surface area (Å²) in [6, 6.07) is 0. The van der Waals surface area contributed by atoms with Gasteiger partial charge >= 0.3 is 5.97 Å². The molecule has 1 aromatic heterocycles. The van der Waals surface area contributed by atoms with Crippen LogP contribution in [0.3, 0.4) is 0 Å². The van der Waals surface area contributed by atoms with Gasteiger partial charge in [0.25, 0.3) is 0 Å². The number of esters is 1. The summed E-state index contributed by atoms with van der Waals surface area (Å²) in [7, 11) is 0. The van der Waals surface area contributed by atoms with Crippen LogP contribution in [0.2, 0.25) is 0 Å². The Morgan fingerprint density at radius 2 is 2.24 bits per heavy atom. The minimum Gasteiger partial charge on any atom is -0.461 e. The van der Waals surface area contributed by atoms with E-state index in [1.165, 1.54) is 0 Å². The Kier molecular flexibility index (Phi) is 3.41. The van der Waals surface area contributed by atoms with Gasteiger partial charge in [-0.15, -0.1) is 0 Å². The lowest BCUT2D eigenvalue weighted by molar-refractivity contribution is 0.0516. The first-order valence-electron chi connectivity index (χ1n) is 6.18. The van der Waals surface area contributed by atoms with Crippen LogP contribution in [0.15, 0.2) is 0 Å². The van der Waals surface area contributed by atoms with Crippen LogP contribution in [-0.2, 0) is 11.2 Å². The number of rotatable bonds is 2. The van der Waals surface area contributed by atoms with Gasteiger partial charge in [-0.1, -0.05) is 6.92 Å². The van der Waals surface area contributed by atoms with E-state index in [1.807, 2.05) is 13.8 Å². The SMILES string of the molecule is CCOC(=O)c1nc(C)nc2c1C(C)CCC2. The molecule has 0 spiro atoms. The summed E-state index contributed by atoms with van der Waals surface area (Å²) in [5.74, 6) is 0.683. The number of carbonyl (C=O) groups is 1. The van der Waals surface area contributed by atoms with E-state index in [0.29, 0.717) is 24.0 Å². The second kappa shape index (κ2) is 4.82. The average Bonchev–Trinajstić information content (AvgIpc) is 2.28. The molecule has 1 aliphatic carbocycles. The van der Waals surface area contributed by atoms with Crippen LogP contribution in [0.25, 0.3) is 0 Å². The second-order valence-electron chi connectivity index (χ2n) is 4.49. The first-order chi connectivity index (χ1) is 8.13. The number of aromatic nitrogens is 2. The fourth-order valence-corrected chi connectivity index (χ4v) is 2.42. The number of nitrogens with zero attached hydrogens (tertiary/aromatic N) is 2. The highest BCUT2D eigenvalue weighted by molar-refractivity contribution is 5.89. The van der Waals surface area contributed by atoms with Crippen molar-refractivity contribution in [2.75, 3.05) is 6.61 Å². The first kappa shape index (κ1) is 12.0. The standard InChI is InChI=1S/C13H18N2O2/c1-4-17-13(16)12-11-8(2)6-5-7-10(11)14-9(3)15-12/h8H,4-7H2,1-3H3. The summed E-state index contributed by atoms with van der Waals surface area (Å²) in [6.45, 7) is 6.13. The van der Waals surface area contributed by atoms with Crippen LogP contribution >= 0.6 is 0 Å². The second-order valence-corrected chi connectivity index (χ2v) is 4.49. The van der Waals surface area contributed by atoms with E-state index in [4.69, 9.17) is 4.74 Å². The molecule has 92 valence electrons. The molecule has 0 saturated heterocycles. The summed E-state index contributed by atoms with van der Waals surface area (Å²) >= 11 is 0. The van der Waals surface area contributed by atoms with E-state index in [2.05, 4.69) is 16.9 Å². The highest BCUT2D eigenvalue weighted by Crippen LogP contribution is 2.32. The van der Waals surface area contributed by atoms with Crippen molar-refractivity contribution in [2.45, 2.75) is 46.0 Å². The van der Waals surface area contributed by atoms with Gasteiger partial charge in [-0.05, 0) is 39.0 Å². The highest BCUT2D eigenvalue weighted by atomic mass is 16.5. The fourth-order valence-electron chi connectivity index (χ4n) is 2.42. The number of hydrogen-bond donors (Lipinski definition) is 0. The summed E-state index contributed by atoms with van der Waals surface area (Å²) in [5.41, 5.74) is 2.50. The fraction of sp³-hybridized carbons (Fsp3) is 0.615. The molecule has 1 aliphatic rings. The number of hydrogen-bond acceptors (Lipinski definition) is 4.